The normalized spacial score (nSPS) is 19.7. The molecular weight excluding hydrogens is 746 g/mol. The van der Waals surface area contributed by atoms with Gasteiger partial charge in [-0.1, -0.05) is 0 Å². The van der Waals surface area contributed by atoms with Gasteiger partial charge in [-0.25, -0.2) is 0 Å². The monoisotopic (exact) mass is 785 g/mol. The van der Waals surface area contributed by atoms with Crippen molar-refractivity contribution in [1.82, 2.24) is 0 Å². The van der Waals surface area contributed by atoms with E-state index in [1.807, 2.05) is 0 Å². The van der Waals surface area contributed by atoms with Crippen molar-refractivity contribution in [1.29, 1.82) is 0 Å². The summed E-state index contributed by atoms with van der Waals surface area (Å²) in [5, 5.41) is 0. The average molecular weight is 789 g/mol. The number of fused-ring (bicyclic) bond motifs is 2. The molecule has 241 valence electrons. The van der Waals surface area contributed by atoms with E-state index in [-0.39, 0.29) is 0 Å². The number of allylic oxidation sites excluding steroid dienone is 2. The molecule has 2 atom stereocenters. The van der Waals surface area contributed by atoms with Gasteiger partial charge in [0, 0.05) is 0 Å². The summed E-state index contributed by atoms with van der Waals surface area (Å²) < 4.78 is -1.01. The predicted octanol–water partition coefficient (Wildman–Crippen LogP) is 12.1. The molecule has 0 amide bonds. The Morgan fingerprint density at radius 1 is 0.543 bits per heavy atom. The zero-order valence-corrected chi connectivity index (χ0v) is 34.5. The average Bonchev–Trinajstić information content (AvgIpc) is 3.54. The van der Waals surface area contributed by atoms with E-state index in [1.54, 1.807) is 0 Å². The van der Waals surface area contributed by atoms with Crippen LogP contribution in [0.25, 0.3) is 34.4 Å². The van der Waals surface area contributed by atoms with Crippen LogP contribution in [-0.4, -0.2) is 34.1 Å². The number of hydrogen-bond acceptors (Lipinski definition) is 2. The first-order chi connectivity index (χ1) is 21.3. The summed E-state index contributed by atoms with van der Waals surface area (Å²) in [6.45, 7) is 8.54. The fraction of sp³-hybridized carbons (Fsp3) is 0.263. The Kier molecular flexibility index (Phi) is 7.68. The van der Waals surface area contributed by atoms with Gasteiger partial charge in [-0.3, -0.25) is 0 Å². The standard InChI is InChI=1S/2C18H18N.C2H7Si.4ClH.Zr/c2*1-13-11-15-5-4-6-17(18(15)12-13)14-7-9-16(10-8-14)19(2)3;1-3-2;;;;;/h2*4-12H,1-3H3;3H,1-2H3;4*1H;/q;;;;;;;+4/p-4. The third-order valence-corrected chi connectivity index (χ3v) is 93.4. The molecule has 0 saturated heterocycles. The SMILES string of the molecule is CC1=Cc2c(-c3ccc(N(C)C)cc3)cccc2[CH]1[Zr]([Cl])([Cl])([Cl])([Cl])([CH]1C(C)=Cc2c(-c3ccc(N(C)C)cc3)cccc21)[SiH](C)C. The Labute approximate surface area is 284 Å². The van der Waals surface area contributed by atoms with Crippen molar-refractivity contribution in [2.45, 2.75) is 34.2 Å². The molecule has 2 aliphatic rings. The quantitative estimate of drug-likeness (QED) is 0.172. The van der Waals surface area contributed by atoms with E-state index in [2.05, 4.69) is 162 Å². The first-order valence-corrected chi connectivity index (χ1v) is 38.6. The number of rotatable bonds is 7. The van der Waals surface area contributed by atoms with Crippen LogP contribution in [0.4, 0.5) is 11.4 Å². The van der Waals surface area contributed by atoms with Crippen LogP contribution in [-0.2, 0) is 10.2 Å². The van der Waals surface area contributed by atoms with Crippen molar-refractivity contribution in [3.8, 4) is 22.3 Å². The maximum absolute atomic E-state index is 8.46. The molecule has 0 saturated carbocycles. The molecule has 4 aromatic carbocycles. The summed E-state index contributed by atoms with van der Waals surface area (Å²) >= 11 is 0. The summed E-state index contributed by atoms with van der Waals surface area (Å²) in [7, 11) is 35.0. The molecule has 4 aromatic rings. The Hall–Kier alpha value is -1.78. The second-order valence-corrected chi connectivity index (χ2v) is 94.4. The van der Waals surface area contributed by atoms with E-state index >= 15 is 0 Å². The molecule has 0 radical (unpaired) electrons. The van der Waals surface area contributed by atoms with Crippen molar-refractivity contribution in [3.63, 3.8) is 0 Å². The minimum atomic E-state index is -7.02. The third-order valence-electron chi connectivity index (χ3n) is 11.0. The van der Waals surface area contributed by atoms with Crippen molar-refractivity contribution >= 4 is 63.5 Å². The van der Waals surface area contributed by atoms with E-state index in [9.17, 15) is 0 Å². The molecule has 0 heterocycles. The Bertz CT molecular complexity index is 1840. The first-order valence-electron chi connectivity index (χ1n) is 16.0. The number of anilines is 2. The fourth-order valence-corrected chi connectivity index (χ4v) is 51.0. The zero-order chi connectivity index (χ0) is 33.5. The molecule has 46 heavy (non-hydrogen) atoms. The van der Waals surface area contributed by atoms with Crippen molar-refractivity contribution in [2.24, 2.45) is 0 Å². The van der Waals surface area contributed by atoms with E-state index in [0.717, 1.165) is 67.0 Å². The van der Waals surface area contributed by atoms with Crippen LogP contribution in [0.15, 0.2) is 96.1 Å². The molecule has 0 bridgehead atoms. The fourth-order valence-electron chi connectivity index (χ4n) is 8.36. The van der Waals surface area contributed by atoms with Crippen molar-refractivity contribution < 1.29 is 10.2 Å². The first kappa shape index (κ1) is 34.1. The van der Waals surface area contributed by atoms with E-state index in [4.69, 9.17) is 34.1 Å². The van der Waals surface area contributed by atoms with Gasteiger partial charge in [0.2, 0.25) is 0 Å². The number of nitrogens with zero attached hydrogens (tertiary/aromatic N) is 2. The molecule has 0 aromatic heterocycles. The molecule has 2 unspecified atom stereocenters. The van der Waals surface area contributed by atoms with Crippen LogP contribution in [0.3, 0.4) is 0 Å². The van der Waals surface area contributed by atoms with Crippen LogP contribution in [0.1, 0.15) is 43.4 Å². The third kappa shape index (κ3) is 4.80. The summed E-state index contributed by atoms with van der Waals surface area (Å²) in [6, 6.07) is 30.1. The van der Waals surface area contributed by atoms with Crippen LogP contribution >= 0.6 is 34.1 Å². The number of halogens is 4. The van der Waals surface area contributed by atoms with Gasteiger partial charge in [0.05, 0.1) is 0 Å². The maximum atomic E-state index is 8.46. The molecular formula is C38H43Cl4N2SiZr. The summed E-state index contributed by atoms with van der Waals surface area (Å²) in [4.78, 5) is 4.21. The van der Waals surface area contributed by atoms with Gasteiger partial charge in [0.25, 0.3) is 0 Å². The minimum absolute atomic E-state index is 0.506. The topological polar surface area (TPSA) is 6.48 Å². The van der Waals surface area contributed by atoms with E-state index in [0.29, 0.717) is 0 Å². The van der Waals surface area contributed by atoms with Crippen molar-refractivity contribution in [3.05, 3.63) is 118 Å². The Morgan fingerprint density at radius 3 is 1.20 bits per heavy atom. The molecule has 6 rings (SSSR count). The van der Waals surface area contributed by atoms with E-state index in [1.165, 1.54) is 0 Å². The second kappa shape index (κ2) is 10.4. The van der Waals surface area contributed by atoms with Gasteiger partial charge in [-0.2, -0.15) is 0 Å². The van der Waals surface area contributed by atoms with Crippen LogP contribution in [0, 0.1) is 0 Å². The Morgan fingerprint density at radius 2 is 0.891 bits per heavy atom. The van der Waals surface area contributed by atoms with Gasteiger partial charge in [0.1, 0.15) is 0 Å². The summed E-state index contributed by atoms with van der Waals surface area (Å²) in [5.74, 6) is -2.30. The second-order valence-electron chi connectivity index (χ2n) is 14.5. The van der Waals surface area contributed by atoms with Crippen LogP contribution in [0.2, 0.25) is 13.1 Å². The van der Waals surface area contributed by atoms with Gasteiger partial charge in [-0.05, 0) is 0 Å². The van der Waals surface area contributed by atoms with Crippen LogP contribution < -0.4 is 9.80 Å². The molecule has 0 N–H and O–H groups in total. The molecule has 0 spiro atoms. The van der Waals surface area contributed by atoms with Crippen molar-refractivity contribution in [2.75, 3.05) is 38.0 Å². The number of hydrogen-bond donors (Lipinski definition) is 0. The summed E-state index contributed by atoms with van der Waals surface area (Å²) in [6.07, 6.45) is 4.46. The summed E-state index contributed by atoms with van der Waals surface area (Å²) in [5.41, 5.74) is 13.1. The predicted molar refractivity (Wildman–Crippen MR) is 207 cm³/mol. The molecule has 0 aliphatic heterocycles. The van der Waals surface area contributed by atoms with Crippen LogP contribution in [0.5, 0.6) is 0 Å². The van der Waals surface area contributed by atoms with Gasteiger partial charge < -0.3 is 0 Å². The van der Waals surface area contributed by atoms with E-state index < -0.39 is 23.4 Å². The Balaban J connectivity index is 1.57. The van der Waals surface area contributed by atoms with Gasteiger partial charge in [0.15, 0.2) is 0 Å². The molecule has 8 heteroatoms. The zero-order valence-electron chi connectivity index (χ0n) is 27.9. The molecule has 0 fully saturated rings. The van der Waals surface area contributed by atoms with Gasteiger partial charge in [-0.15, -0.1) is 0 Å². The molecule has 2 nitrogen and oxygen atoms in total. The number of benzene rings is 4. The molecule has 2 aliphatic carbocycles. The van der Waals surface area contributed by atoms with Gasteiger partial charge >= 0.3 is 286 Å².